The topological polar surface area (TPSA) is 44.8 Å². The third-order valence-corrected chi connectivity index (χ3v) is 5.44. The molecule has 1 amide bonds. The van der Waals surface area contributed by atoms with Crippen LogP contribution >= 0.6 is 11.6 Å². The minimum Gasteiger partial charge on any atom is -0.491 e. The molecule has 3 rings (SSSR count). The summed E-state index contributed by atoms with van der Waals surface area (Å²) in [6.45, 7) is 5.67. The van der Waals surface area contributed by atoms with Crippen molar-refractivity contribution in [2.24, 2.45) is 0 Å². The van der Waals surface area contributed by atoms with Crippen molar-refractivity contribution < 1.29 is 22.7 Å². The first-order valence-corrected chi connectivity index (χ1v) is 10.0. The zero-order valence-electron chi connectivity index (χ0n) is 16.5. The lowest BCUT2D eigenvalue weighted by atomic mass is 10.2. The van der Waals surface area contributed by atoms with E-state index in [1.165, 1.54) is 0 Å². The highest BCUT2D eigenvalue weighted by molar-refractivity contribution is 6.32. The molecular weight excluding hydrogens is 419 g/mol. The van der Waals surface area contributed by atoms with Crippen LogP contribution in [0.3, 0.4) is 0 Å². The van der Waals surface area contributed by atoms with Crippen LogP contribution in [0.25, 0.3) is 0 Å². The minimum absolute atomic E-state index is 0.374. The van der Waals surface area contributed by atoms with Gasteiger partial charge in [0.05, 0.1) is 16.8 Å². The van der Waals surface area contributed by atoms with Gasteiger partial charge in [0.2, 0.25) is 5.91 Å². The van der Waals surface area contributed by atoms with E-state index < -0.39 is 29.4 Å². The Labute approximate surface area is 178 Å². The zero-order valence-corrected chi connectivity index (χ0v) is 17.3. The van der Waals surface area contributed by atoms with Crippen LogP contribution in [0.5, 0.6) is 5.75 Å². The van der Waals surface area contributed by atoms with E-state index in [9.17, 15) is 18.0 Å². The van der Waals surface area contributed by atoms with Gasteiger partial charge < -0.3 is 10.1 Å². The maximum absolute atomic E-state index is 13.8. The van der Waals surface area contributed by atoms with Gasteiger partial charge >= 0.3 is 0 Å². The molecule has 9 heteroatoms. The molecule has 0 bridgehead atoms. The number of carbonyl (C=O) groups excluding carboxylic acids is 1. The van der Waals surface area contributed by atoms with Crippen molar-refractivity contribution in [2.45, 2.75) is 13.0 Å². The van der Waals surface area contributed by atoms with Crippen molar-refractivity contribution in [1.82, 2.24) is 9.80 Å². The molecule has 1 heterocycles. The van der Waals surface area contributed by atoms with E-state index in [2.05, 4.69) is 10.2 Å². The fraction of sp³-hybridized carbons (Fsp3) is 0.381. The number of para-hydroxylation sites is 1. The molecule has 0 aromatic heterocycles. The van der Waals surface area contributed by atoms with Crippen molar-refractivity contribution in [3.05, 3.63) is 58.9 Å². The third-order valence-electron chi connectivity index (χ3n) is 5.13. The number of hydrogen-bond acceptors (Lipinski definition) is 4. The Bertz CT molecular complexity index is 892. The summed E-state index contributed by atoms with van der Waals surface area (Å²) in [6.07, 6.45) is 0. The van der Waals surface area contributed by atoms with Gasteiger partial charge in [-0.3, -0.25) is 14.6 Å². The number of amides is 1. The quantitative estimate of drug-likeness (QED) is 0.664. The summed E-state index contributed by atoms with van der Waals surface area (Å²) in [5.41, 5.74) is -0.374. The molecule has 0 saturated carbocycles. The SMILES string of the molecule is CC(C(=O)Nc1ccc(F)c(F)c1F)N1CCN(CCOc2ccccc2Cl)CC1. The van der Waals surface area contributed by atoms with Gasteiger partial charge in [-0.1, -0.05) is 23.7 Å². The molecule has 5 nitrogen and oxygen atoms in total. The number of nitrogens with one attached hydrogen (secondary N) is 1. The van der Waals surface area contributed by atoms with Crippen LogP contribution in [-0.4, -0.2) is 61.1 Å². The van der Waals surface area contributed by atoms with E-state index in [0.29, 0.717) is 30.5 Å². The number of carbonyl (C=O) groups is 1. The van der Waals surface area contributed by atoms with Gasteiger partial charge in [-0.15, -0.1) is 0 Å². The Morgan fingerprint density at radius 2 is 1.80 bits per heavy atom. The van der Waals surface area contributed by atoms with Crippen LogP contribution in [0.4, 0.5) is 18.9 Å². The normalized spacial score (nSPS) is 16.3. The van der Waals surface area contributed by atoms with Gasteiger partial charge in [-0.05, 0) is 31.2 Å². The molecule has 1 aliphatic rings. The second kappa shape index (κ2) is 10.1. The highest BCUT2D eigenvalue weighted by atomic mass is 35.5. The van der Waals surface area contributed by atoms with Gasteiger partial charge in [0.1, 0.15) is 12.4 Å². The van der Waals surface area contributed by atoms with E-state index in [-0.39, 0.29) is 5.69 Å². The van der Waals surface area contributed by atoms with Crippen molar-refractivity contribution in [3.63, 3.8) is 0 Å². The van der Waals surface area contributed by atoms with E-state index in [4.69, 9.17) is 16.3 Å². The van der Waals surface area contributed by atoms with Gasteiger partial charge in [0.25, 0.3) is 0 Å². The first-order valence-electron chi connectivity index (χ1n) is 9.65. The molecule has 0 aliphatic carbocycles. The maximum Gasteiger partial charge on any atom is 0.241 e. The Kier molecular flexibility index (Phi) is 7.58. The lowest BCUT2D eigenvalue weighted by molar-refractivity contribution is -0.121. The molecule has 1 fully saturated rings. The molecule has 0 radical (unpaired) electrons. The predicted molar refractivity (Wildman–Crippen MR) is 109 cm³/mol. The Morgan fingerprint density at radius 1 is 1.10 bits per heavy atom. The first kappa shape index (κ1) is 22.4. The van der Waals surface area contributed by atoms with Crippen molar-refractivity contribution in [3.8, 4) is 5.75 Å². The van der Waals surface area contributed by atoms with Crippen molar-refractivity contribution in [2.75, 3.05) is 44.6 Å². The number of anilines is 1. The van der Waals surface area contributed by atoms with E-state index in [1.807, 2.05) is 23.1 Å². The van der Waals surface area contributed by atoms with E-state index >= 15 is 0 Å². The van der Waals surface area contributed by atoms with Crippen molar-refractivity contribution >= 4 is 23.2 Å². The number of piperazine rings is 1. The molecule has 1 saturated heterocycles. The third kappa shape index (κ3) is 5.44. The molecule has 1 N–H and O–H groups in total. The number of halogens is 4. The monoisotopic (exact) mass is 441 g/mol. The zero-order chi connectivity index (χ0) is 21.7. The summed E-state index contributed by atoms with van der Waals surface area (Å²) in [5, 5.41) is 2.90. The largest absolute Gasteiger partial charge is 0.491 e. The molecule has 1 unspecified atom stereocenters. The molecule has 2 aromatic rings. The van der Waals surface area contributed by atoms with Crippen LogP contribution < -0.4 is 10.1 Å². The molecule has 0 spiro atoms. The summed E-state index contributed by atoms with van der Waals surface area (Å²) in [6, 6.07) is 8.53. The first-order chi connectivity index (χ1) is 14.4. The van der Waals surface area contributed by atoms with Gasteiger partial charge in [0.15, 0.2) is 17.5 Å². The standard InChI is InChI=1S/C21H23ClF3N3O2/c1-14(21(29)26-17-7-6-16(23)19(24)20(17)25)28-10-8-27(9-11-28)12-13-30-18-5-3-2-4-15(18)22/h2-7,14H,8-13H2,1H3,(H,26,29). The second-order valence-corrected chi connectivity index (χ2v) is 7.45. The number of rotatable bonds is 7. The molecule has 162 valence electrons. The van der Waals surface area contributed by atoms with Crippen LogP contribution in [0.1, 0.15) is 6.92 Å². The van der Waals surface area contributed by atoms with E-state index in [1.54, 1.807) is 13.0 Å². The van der Waals surface area contributed by atoms with Gasteiger partial charge in [-0.2, -0.15) is 0 Å². The molecular formula is C21H23ClF3N3O2. The summed E-state index contributed by atoms with van der Waals surface area (Å²) < 4.78 is 45.8. The Morgan fingerprint density at radius 3 is 2.50 bits per heavy atom. The van der Waals surface area contributed by atoms with Crippen LogP contribution in [0.2, 0.25) is 5.02 Å². The van der Waals surface area contributed by atoms with Crippen LogP contribution in [0, 0.1) is 17.5 Å². The average molecular weight is 442 g/mol. The Balaban J connectivity index is 1.44. The summed E-state index contributed by atoms with van der Waals surface area (Å²) >= 11 is 6.07. The van der Waals surface area contributed by atoms with Gasteiger partial charge in [0, 0.05) is 32.7 Å². The fourth-order valence-electron chi connectivity index (χ4n) is 3.25. The second-order valence-electron chi connectivity index (χ2n) is 7.04. The van der Waals surface area contributed by atoms with Crippen molar-refractivity contribution in [1.29, 1.82) is 0 Å². The number of nitrogens with zero attached hydrogens (tertiary/aromatic N) is 2. The van der Waals surface area contributed by atoms with Gasteiger partial charge in [-0.25, -0.2) is 13.2 Å². The molecule has 1 atom stereocenters. The smallest absolute Gasteiger partial charge is 0.241 e. The lowest BCUT2D eigenvalue weighted by Gasteiger charge is -2.37. The van der Waals surface area contributed by atoms with E-state index in [0.717, 1.165) is 31.8 Å². The highest BCUT2D eigenvalue weighted by Gasteiger charge is 2.26. The fourth-order valence-corrected chi connectivity index (χ4v) is 3.44. The Hall–Kier alpha value is -2.29. The van der Waals surface area contributed by atoms with Crippen LogP contribution in [0.15, 0.2) is 36.4 Å². The number of hydrogen-bond donors (Lipinski definition) is 1. The summed E-state index contributed by atoms with van der Waals surface area (Å²) in [7, 11) is 0. The average Bonchev–Trinajstić information content (AvgIpc) is 2.75. The van der Waals surface area contributed by atoms with Crippen LogP contribution in [-0.2, 0) is 4.79 Å². The molecule has 2 aromatic carbocycles. The minimum atomic E-state index is -1.60. The number of benzene rings is 2. The maximum atomic E-state index is 13.8. The highest BCUT2D eigenvalue weighted by Crippen LogP contribution is 2.23. The molecule has 1 aliphatic heterocycles. The summed E-state index contributed by atoms with van der Waals surface area (Å²) in [5.74, 6) is -4.14. The summed E-state index contributed by atoms with van der Waals surface area (Å²) in [4.78, 5) is 16.6. The molecule has 30 heavy (non-hydrogen) atoms. The number of ether oxygens (including phenoxy) is 1. The predicted octanol–water partition coefficient (Wildman–Crippen LogP) is 3.78. The lowest BCUT2D eigenvalue weighted by Crippen LogP contribution is -2.53.